The number of nitrogens with zero attached hydrogens (tertiary/aromatic N) is 2. The molecule has 0 unspecified atom stereocenters. The third-order valence-corrected chi connectivity index (χ3v) is 6.87. The van der Waals surface area contributed by atoms with Crippen molar-refractivity contribution in [3.05, 3.63) is 56.7 Å². The fraction of sp³-hybridized carbons (Fsp3) is 0.522. The SMILES string of the molecule is CC(C)CN(C(=O)CSC1CCCCC1)c1c(N)n(Cc2ccccc2)c(=O)[nH]c1=O. The van der Waals surface area contributed by atoms with E-state index in [1.807, 2.05) is 44.2 Å². The van der Waals surface area contributed by atoms with E-state index in [0.29, 0.717) is 17.5 Å². The second-order valence-corrected chi connectivity index (χ2v) is 9.82. The summed E-state index contributed by atoms with van der Waals surface area (Å²) in [7, 11) is 0. The highest BCUT2D eigenvalue weighted by atomic mass is 32.2. The number of anilines is 2. The van der Waals surface area contributed by atoms with E-state index in [-0.39, 0.29) is 29.9 Å². The largest absolute Gasteiger partial charge is 0.383 e. The van der Waals surface area contributed by atoms with Gasteiger partial charge in [0.15, 0.2) is 5.69 Å². The average Bonchev–Trinajstić information content (AvgIpc) is 2.75. The van der Waals surface area contributed by atoms with E-state index in [9.17, 15) is 14.4 Å². The molecule has 1 fully saturated rings. The Kier molecular flexibility index (Phi) is 8.01. The van der Waals surface area contributed by atoms with Gasteiger partial charge in [-0.1, -0.05) is 63.4 Å². The lowest BCUT2D eigenvalue weighted by Gasteiger charge is -2.27. The van der Waals surface area contributed by atoms with Crippen LogP contribution in [0.25, 0.3) is 0 Å². The molecule has 1 amide bonds. The second-order valence-electron chi connectivity index (χ2n) is 8.53. The Morgan fingerprint density at radius 1 is 1.19 bits per heavy atom. The first kappa shape index (κ1) is 23.2. The zero-order valence-corrected chi connectivity index (χ0v) is 19.1. The zero-order valence-electron chi connectivity index (χ0n) is 18.3. The van der Waals surface area contributed by atoms with Crippen molar-refractivity contribution in [2.24, 2.45) is 5.92 Å². The van der Waals surface area contributed by atoms with Crippen LogP contribution in [0, 0.1) is 5.92 Å². The summed E-state index contributed by atoms with van der Waals surface area (Å²) in [6.07, 6.45) is 5.94. The van der Waals surface area contributed by atoms with Crippen molar-refractivity contribution in [1.82, 2.24) is 9.55 Å². The molecule has 168 valence electrons. The zero-order chi connectivity index (χ0) is 22.4. The van der Waals surface area contributed by atoms with Crippen LogP contribution >= 0.6 is 11.8 Å². The Hall–Kier alpha value is -2.48. The molecular formula is C23H32N4O3S. The van der Waals surface area contributed by atoms with Crippen molar-refractivity contribution in [3.63, 3.8) is 0 Å². The number of benzene rings is 1. The van der Waals surface area contributed by atoms with Gasteiger partial charge in [-0.15, -0.1) is 11.8 Å². The molecule has 2 aromatic rings. The summed E-state index contributed by atoms with van der Waals surface area (Å²) in [5.41, 5.74) is 6.07. The van der Waals surface area contributed by atoms with E-state index in [2.05, 4.69) is 4.98 Å². The molecule has 3 N–H and O–H groups in total. The molecule has 1 aliphatic carbocycles. The third-order valence-electron chi connectivity index (χ3n) is 5.51. The molecule has 1 saturated carbocycles. The monoisotopic (exact) mass is 444 g/mol. The molecule has 31 heavy (non-hydrogen) atoms. The van der Waals surface area contributed by atoms with Gasteiger partial charge in [0.25, 0.3) is 5.56 Å². The molecule has 0 spiro atoms. The first-order valence-electron chi connectivity index (χ1n) is 10.9. The summed E-state index contributed by atoms with van der Waals surface area (Å²) in [6, 6.07) is 9.41. The van der Waals surface area contributed by atoms with Gasteiger partial charge in [-0.05, 0) is 24.3 Å². The van der Waals surface area contributed by atoms with Crippen molar-refractivity contribution in [2.75, 3.05) is 22.9 Å². The first-order chi connectivity index (χ1) is 14.9. The van der Waals surface area contributed by atoms with Crippen LogP contribution in [0.5, 0.6) is 0 Å². The predicted octanol–water partition coefficient (Wildman–Crippen LogP) is 3.22. The third kappa shape index (κ3) is 6.03. The van der Waals surface area contributed by atoms with Crippen LogP contribution in [-0.2, 0) is 11.3 Å². The minimum atomic E-state index is -0.622. The van der Waals surface area contributed by atoms with Crippen molar-refractivity contribution >= 4 is 29.2 Å². The second kappa shape index (κ2) is 10.7. The lowest BCUT2D eigenvalue weighted by atomic mass is 10.0. The fourth-order valence-electron chi connectivity index (χ4n) is 3.94. The minimum Gasteiger partial charge on any atom is -0.383 e. The molecule has 0 aliphatic heterocycles. The van der Waals surface area contributed by atoms with Gasteiger partial charge >= 0.3 is 5.69 Å². The number of hydrogen-bond donors (Lipinski definition) is 2. The molecular weight excluding hydrogens is 412 g/mol. The summed E-state index contributed by atoms with van der Waals surface area (Å²) in [4.78, 5) is 42.2. The van der Waals surface area contributed by atoms with E-state index in [1.165, 1.54) is 28.7 Å². The van der Waals surface area contributed by atoms with Crippen LogP contribution in [-0.4, -0.2) is 33.0 Å². The van der Waals surface area contributed by atoms with Gasteiger partial charge in [0, 0.05) is 11.8 Å². The Bertz CT molecular complexity index is 994. The van der Waals surface area contributed by atoms with Crippen molar-refractivity contribution in [2.45, 2.75) is 57.7 Å². The van der Waals surface area contributed by atoms with Crippen molar-refractivity contribution < 1.29 is 4.79 Å². The number of thioether (sulfide) groups is 1. The standard InChI is InChI=1S/C23H32N4O3S/c1-16(2)13-26(19(28)15-31-18-11-7-4-8-12-18)20-21(24)27(23(30)25-22(20)29)14-17-9-5-3-6-10-17/h3,5-6,9-10,16,18H,4,7-8,11-15,24H2,1-2H3,(H,25,29,30). The summed E-state index contributed by atoms with van der Waals surface area (Å²) in [5, 5.41) is 0.487. The molecule has 0 atom stereocenters. The average molecular weight is 445 g/mol. The maximum Gasteiger partial charge on any atom is 0.330 e. The number of H-pyrrole nitrogens is 1. The topological polar surface area (TPSA) is 101 Å². The van der Waals surface area contributed by atoms with Gasteiger partial charge in [0.2, 0.25) is 5.91 Å². The number of aromatic nitrogens is 2. The van der Waals surface area contributed by atoms with Crippen LogP contribution in [0.15, 0.2) is 39.9 Å². The van der Waals surface area contributed by atoms with Gasteiger partial charge in [-0.25, -0.2) is 4.79 Å². The molecule has 8 heteroatoms. The Labute approximate surface area is 187 Å². The maximum atomic E-state index is 13.2. The number of rotatable bonds is 8. The maximum absolute atomic E-state index is 13.2. The Morgan fingerprint density at radius 2 is 1.87 bits per heavy atom. The summed E-state index contributed by atoms with van der Waals surface area (Å²) in [6.45, 7) is 4.55. The molecule has 1 aromatic carbocycles. The number of carbonyl (C=O) groups is 1. The van der Waals surface area contributed by atoms with E-state index in [0.717, 1.165) is 18.4 Å². The molecule has 7 nitrogen and oxygen atoms in total. The van der Waals surface area contributed by atoms with Crippen molar-refractivity contribution in [3.8, 4) is 0 Å². The van der Waals surface area contributed by atoms with Crippen molar-refractivity contribution in [1.29, 1.82) is 0 Å². The molecule has 3 rings (SSSR count). The minimum absolute atomic E-state index is 0.0225. The van der Waals surface area contributed by atoms with Gasteiger partial charge in [0.1, 0.15) is 5.82 Å². The number of nitrogens with two attached hydrogens (primary N) is 1. The molecule has 1 heterocycles. The Morgan fingerprint density at radius 3 is 2.52 bits per heavy atom. The first-order valence-corrected chi connectivity index (χ1v) is 12.0. The summed E-state index contributed by atoms with van der Waals surface area (Å²) >= 11 is 1.66. The lowest BCUT2D eigenvalue weighted by Crippen LogP contribution is -2.43. The van der Waals surface area contributed by atoms with Crippen LogP contribution in [0.3, 0.4) is 0 Å². The van der Waals surface area contributed by atoms with Crippen LogP contribution in [0.2, 0.25) is 0 Å². The van der Waals surface area contributed by atoms with Crippen LogP contribution in [0.4, 0.5) is 11.5 Å². The highest BCUT2D eigenvalue weighted by Crippen LogP contribution is 2.29. The smallest absolute Gasteiger partial charge is 0.330 e. The predicted molar refractivity (Wildman–Crippen MR) is 128 cm³/mol. The number of nitrogens with one attached hydrogen (secondary N) is 1. The van der Waals surface area contributed by atoms with Gasteiger partial charge in [0.05, 0.1) is 12.3 Å². The Balaban J connectivity index is 1.90. The highest BCUT2D eigenvalue weighted by Gasteiger charge is 2.26. The van der Waals surface area contributed by atoms with E-state index >= 15 is 0 Å². The highest BCUT2D eigenvalue weighted by molar-refractivity contribution is 8.00. The van der Waals surface area contributed by atoms with E-state index in [4.69, 9.17) is 5.73 Å². The summed E-state index contributed by atoms with van der Waals surface area (Å²) in [5.74, 6) is 0.311. The lowest BCUT2D eigenvalue weighted by molar-refractivity contribution is -0.116. The number of carbonyl (C=O) groups excluding carboxylic acids is 1. The number of nitrogen functional groups attached to an aromatic ring is 1. The summed E-state index contributed by atoms with van der Waals surface area (Å²) < 4.78 is 1.32. The van der Waals surface area contributed by atoms with E-state index < -0.39 is 11.2 Å². The van der Waals surface area contributed by atoms with Crippen LogP contribution in [0.1, 0.15) is 51.5 Å². The number of hydrogen-bond acceptors (Lipinski definition) is 5. The molecule has 0 bridgehead atoms. The quantitative estimate of drug-likeness (QED) is 0.651. The van der Waals surface area contributed by atoms with Gasteiger partial charge < -0.3 is 10.6 Å². The normalized spacial score (nSPS) is 14.7. The molecule has 0 radical (unpaired) electrons. The molecule has 1 aromatic heterocycles. The van der Waals surface area contributed by atoms with Gasteiger partial charge in [-0.3, -0.25) is 19.1 Å². The number of amides is 1. The number of aromatic amines is 1. The van der Waals surface area contributed by atoms with Crippen LogP contribution < -0.4 is 21.9 Å². The molecule has 0 saturated heterocycles. The molecule has 1 aliphatic rings. The van der Waals surface area contributed by atoms with Gasteiger partial charge in [-0.2, -0.15) is 0 Å². The fourth-order valence-corrected chi connectivity index (χ4v) is 5.14. The van der Waals surface area contributed by atoms with E-state index in [1.54, 1.807) is 11.8 Å².